The summed E-state index contributed by atoms with van der Waals surface area (Å²) in [6.07, 6.45) is 0. The largest absolute Gasteiger partial charge is 0.495 e. The molecule has 5 rings (SSSR count). The fourth-order valence-corrected chi connectivity index (χ4v) is 4.68. The van der Waals surface area contributed by atoms with E-state index in [0.717, 1.165) is 22.4 Å². The summed E-state index contributed by atoms with van der Waals surface area (Å²) in [6.45, 7) is 1.94. The van der Waals surface area contributed by atoms with Crippen LogP contribution in [0, 0.1) is 6.92 Å². The monoisotopic (exact) mass is 541 g/mol. The summed E-state index contributed by atoms with van der Waals surface area (Å²) >= 11 is 11.8. The third-order valence-electron chi connectivity index (χ3n) is 6.11. The standard InChI is InChI=1S/C29H24ClN5O2S/c1-18-15-24-25(34-35(33-24)21-13-14-26(37-2)22(30)16-21)17-23(18)31-29(38)32-28(36)27(19-9-5-3-6-10-19)20-11-7-4-8-12-20/h3-17,27H,1-2H3,(H2,31,32,36,38). The van der Waals surface area contributed by atoms with Crippen LogP contribution in [0.5, 0.6) is 5.75 Å². The van der Waals surface area contributed by atoms with Gasteiger partial charge in [-0.3, -0.25) is 4.79 Å². The number of aromatic nitrogens is 3. The maximum atomic E-state index is 13.4. The number of anilines is 1. The normalized spacial score (nSPS) is 10.9. The van der Waals surface area contributed by atoms with Crippen LogP contribution in [0.1, 0.15) is 22.6 Å². The third kappa shape index (κ3) is 5.37. The van der Waals surface area contributed by atoms with E-state index in [2.05, 4.69) is 20.8 Å². The van der Waals surface area contributed by atoms with Crippen molar-refractivity contribution in [1.82, 2.24) is 20.3 Å². The third-order valence-corrected chi connectivity index (χ3v) is 6.61. The minimum Gasteiger partial charge on any atom is -0.495 e. The molecule has 7 nitrogen and oxygen atoms in total. The van der Waals surface area contributed by atoms with Crippen LogP contribution in [0.3, 0.4) is 0 Å². The molecular formula is C29H24ClN5O2S. The van der Waals surface area contributed by atoms with Crippen LogP contribution in [0.2, 0.25) is 5.02 Å². The minimum atomic E-state index is -0.503. The molecule has 0 bridgehead atoms. The number of hydrogen-bond donors (Lipinski definition) is 2. The minimum absolute atomic E-state index is 0.198. The van der Waals surface area contributed by atoms with Gasteiger partial charge in [0, 0.05) is 5.69 Å². The van der Waals surface area contributed by atoms with Gasteiger partial charge in [-0.1, -0.05) is 72.3 Å². The maximum Gasteiger partial charge on any atom is 0.238 e. The van der Waals surface area contributed by atoms with E-state index >= 15 is 0 Å². The zero-order valence-electron chi connectivity index (χ0n) is 20.7. The lowest BCUT2D eigenvalue weighted by Crippen LogP contribution is -2.38. The second kappa shape index (κ2) is 11.0. The van der Waals surface area contributed by atoms with Crippen molar-refractivity contribution in [2.75, 3.05) is 12.4 Å². The smallest absolute Gasteiger partial charge is 0.238 e. The number of amides is 1. The number of hydrogen-bond acceptors (Lipinski definition) is 5. The number of ether oxygens (including phenoxy) is 1. The molecule has 0 aliphatic heterocycles. The lowest BCUT2D eigenvalue weighted by Gasteiger charge is -2.19. The number of carbonyl (C=O) groups is 1. The summed E-state index contributed by atoms with van der Waals surface area (Å²) in [5.41, 5.74) is 5.46. The first-order valence-electron chi connectivity index (χ1n) is 11.9. The van der Waals surface area contributed by atoms with E-state index < -0.39 is 5.92 Å². The Morgan fingerprint density at radius 1 is 0.921 bits per heavy atom. The highest BCUT2D eigenvalue weighted by Gasteiger charge is 2.23. The summed E-state index contributed by atoms with van der Waals surface area (Å²) in [4.78, 5) is 14.9. The first-order valence-corrected chi connectivity index (χ1v) is 12.6. The van der Waals surface area contributed by atoms with Crippen LogP contribution >= 0.6 is 23.8 Å². The van der Waals surface area contributed by atoms with Gasteiger partial charge in [0.25, 0.3) is 0 Å². The molecule has 9 heteroatoms. The van der Waals surface area contributed by atoms with Crippen molar-refractivity contribution >= 4 is 51.6 Å². The molecule has 0 aliphatic rings. The zero-order chi connectivity index (χ0) is 26.6. The van der Waals surface area contributed by atoms with Gasteiger partial charge in [0.15, 0.2) is 5.11 Å². The first-order chi connectivity index (χ1) is 18.4. The van der Waals surface area contributed by atoms with Crippen LogP contribution < -0.4 is 15.4 Å². The van der Waals surface area contributed by atoms with Crippen LogP contribution in [-0.4, -0.2) is 33.1 Å². The summed E-state index contributed by atoms with van der Waals surface area (Å²) in [5.74, 6) is -0.148. The Kier molecular flexibility index (Phi) is 7.35. The number of halogens is 1. The van der Waals surface area contributed by atoms with E-state index in [1.54, 1.807) is 19.2 Å². The van der Waals surface area contributed by atoms with Crippen molar-refractivity contribution in [2.24, 2.45) is 0 Å². The highest BCUT2D eigenvalue weighted by molar-refractivity contribution is 7.80. The fourth-order valence-electron chi connectivity index (χ4n) is 4.22. The van der Waals surface area contributed by atoms with E-state index in [9.17, 15) is 4.79 Å². The molecule has 0 atom stereocenters. The van der Waals surface area contributed by atoms with Gasteiger partial charge in [-0.05, 0) is 66.2 Å². The molecule has 4 aromatic carbocycles. The molecule has 0 saturated carbocycles. The number of benzene rings is 4. The lowest BCUT2D eigenvalue weighted by molar-refractivity contribution is -0.120. The number of carbonyl (C=O) groups excluding carboxylic acids is 1. The van der Waals surface area contributed by atoms with Gasteiger partial charge in [-0.15, -0.1) is 10.2 Å². The highest BCUT2D eigenvalue weighted by atomic mass is 35.5. The van der Waals surface area contributed by atoms with Crippen LogP contribution in [0.15, 0.2) is 91.0 Å². The van der Waals surface area contributed by atoms with Crippen molar-refractivity contribution in [2.45, 2.75) is 12.8 Å². The summed E-state index contributed by atoms with van der Waals surface area (Å²) < 4.78 is 5.22. The van der Waals surface area contributed by atoms with Crippen molar-refractivity contribution in [3.8, 4) is 11.4 Å². The molecule has 0 aliphatic carbocycles. The zero-order valence-corrected chi connectivity index (χ0v) is 22.3. The van der Waals surface area contributed by atoms with Crippen molar-refractivity contribution in [3.63, 3.8) is 0 Å². The molecule has 0 saturated heterocycles. The SMILES string of the molecule is COc1ccc(-n2nc3cc(C)c(NC(=S)NC(=O)C(c4ccccc4)c4ccccc4)cc3n2)cc1Cl. The number of thiocarbonyl (C=S) groups is 1. The molecule has 0 radical (unpaired) electrons. The quantitative estimate of drug-likeness (QED) is 0.255. The Morgan fingerprint density at radius 2 is 1.53 bits per heavy atom. The number of nitrogens with zero attached hydrogens (tertiary/aromatic N) is 3. The molecule has 2 N–H and O–H groups in total. The van der Waals surface area contributed by atoms with Gasteiger partial charge >= 0.3 is 0 Å². The van der Waals surface area contributed by atoms with Crippen LogP contribution in [-0.2, 0) is 4.79 Å². The molecule has 1 amide bonds. The van der Waals surface area contributed by atoms with Crippen molar-refractivity contribution in [3.05, 3.63) is 113 Å². The maximum absolute atomic E-state index is 13.4. The topological polar surface area (TPSA) is 81.1 Å². The van der Waals surface area contributed by atoms with E-state index in [0.29, 0.717) is 27.5 Å². The Hall–Kier alpha value is -4.27. The van der Waals surface area contributed by atoms with E-state index in [1.165, 1.54) is 4.80 Å². The molecule has 0 unspecified atom stereocenters. The average Bonchev–Trinajstić information content (AvgIpc) is 3.33. The summed E-state index contributed by atoms with van der Waals surface area (Å²) in [5, 5.41) is 15.8. The number of methoxy groups -OCH3 is 1. The van der Waals surface area contributed by atoms with Crippen LogP contribution in [0.4, 0.5) is 5.69 Å². The molecule has 190 valence electrons. The second-order valence-electron chi connectivity index (χ2n) is 8.66. The summed E-state index contributed by atoms with van der Waals surface area (Å²) in [6, 6.07) is 28.4. The van der Waals surface area contributed by atoms with E-state index in [-0.39, 0.29) is 11.0 Å². The van der Waals surface area contributed by atoms with E-state index in [1.807, 2.05) is 85.8 Å². The van der Waals surface area contributed by atoms with Gasteiger partial charge in [0.2, 0.25) is 5.91 Å². The molecule has 5 aromatic rings. The molecule has 1 heterocycles. The van der Waals surface area contributed by atoms with Crippen molar-refractivity contribution in [1.29, 1.82) is 0 Å². The summed E-state index contributed by atoms with van der Waals surface area (Å²) in [7, 11) is 1.56. The predicted octanol–water partition coefficient (Wildman–Crippen LogP) is 6.04. The Labute approximate surface area is 230 Å². The Morgan fingerprint density at radius 3 is 2.11 bits per heavy atom. The highest BCUT2D eigenvalue weighted by Crippen LogP contribution is 2.28. The van der Waals surface area contributed by atoms with Gasteiger partial charge < -0.3 is 15.4 Å². The Balaban J connectivity index is 1.36. The Bertz CT molecular complexity index is 1580. The second-order valence-corrected chi connectivity index (χ2v) is 9.48. The van der Waals surface area contributed by atoms with Crippen molar-refractivity contribution < 1.29 is 9.53 Å². The predicted molar refractivity (Wildman–Crippen MR) is 154 cm³/mol. The molecular weight excluding hydrogens is 518 g/mol. The van der Waals surface area contributed by atoms with E-state index in [4.69, 9.17) is 28.6 Å². The number of rotatable bonds is 6. The molecule has 38 heavy (non-hydrogen) atoms. The molecule has 0 fully saturated rings. The average molecular weight is 542 g/mol. The van der Waals surface area contributed by atoms with Crippen LogP contribution in [0.25, 0.3) is 16.7 Å². The number of nitrogens with one attached hydrogen (secondary N) is 2. The lowest BCUT2D eigenvalue weighted by atomic mass is 9.90. The first kappa shape index (κ1) is 25.4. The molecule has 0 spiro atoms. The number of aryl methyl sites for hydroxylation is 1. The van der Waals surface area contributed by atoms with Gasteiger partial charge in [0.05, 0.1) is 23.7 Å². The van der Waals surface area contributed by atoms with Gasteiger partial charge in [0.1, 0.15) is 16.8 Å². The number of fused-ring (bicyclic) bond motifs is 1. The fraction of sp³-hybridized carbons (Fsp3) is 0.103. The van der Waals surface area contributed by atoms with Gasteiger partial charge in [-0.25, -0.2) is 0 Å². The molecule has 1 aromatic heterocycles. The van der Waals surface area contributed by atoms with Gasteiger partial charge in [-0.2, -0.15) is 4.80 Å².